The lowest BCUT2D eigenvalue weighted by molar-refractivity contribution is 0.135. The number of para-hydroxylation sites is 1. The van der Waals surface area contributed by atoms with Gasteiger partial charge in [-0.25, -0.2) is 4.39 Å². The molecule has 1 aliphatic rings. The van der Waals surface area contributed by atoms with Crippen LogP contribution in [0.25, 0.3) is 0 Å². The van der Waals surface area contributed by atoms with Crippen molar-refractivity contribution in [3.8, 4) is 0 Å². The van der Waals surface area contributed by atoms with E-state index in [1.54, 1.807) is 12.1 Å². The Hall–Kier alpha value is -0.650. The number of aliphatic hydroxyl groups excluding tert-OH is 1. The maximum absolute atomic E-state index is 13.5. The van der Waals surface area contributed by atoms with Gasteiger partial charge in [-0.3, -0.25) is 0 Å². The van der Waals surface area contributed by atoms with Gasteiger partial charge in [0.25, 0.3) is 0 Å². The first-order valence-corrected chi connectivity index (χ1v) is 7.04. The first-order chi connectivity index (χ1) is 8.66. The van der Waals surface area contributed by atoms with Gasteiger partial charge in [0.05, 0.1) is 11.8 Å². The van der Waals surface area contributed by atoms with Crippen LogP contribution in [0.5, 0.6) is 0 Å². The van der Waals surface area contributed by atoms with Crippen LogP contribution in [0.4, 0.5) is 10.1 Å². The van der Waals surface area contributed by atoms with Crippen molar-refractivity contribution in [3.05, 3.63) is 28.5 Å². The van der Waals surface area contributed by atoms with Crippen LogP contribution in [0.1, 0.15) is 12.8 Å². The Labute approximate surface area is 115 Å². The second-order valence-electron chi connectivity index (χ2n) is 4.64. The zero-order valence-electron chi connectivity index (χ0n) is 10.2. The number of benzene rings is 1. The van der Waals surface area contributed by atoms with E-state index in [-0.39, 0.29) is 5.82 Å². The Morgan fingerprint density at radius 1 is 1.39 bits per heavy atom. The van der Waals surface area contributed by atoms with E-state index in [1.165, 1.54) is 18.9 Å². The van der Waals surface area contributed by atoms with E-state index in [1.807, 2.05) is 0 Å². The molecule has 5 heteroatoms. The summed E-state index contributed by atoms with van der Waals surface area (Å²) in [6.45, 7) is 3.12. The van der Waals surface area contributed by atoms with E-state index in [0.717, 1.165) is 13.1 Å². The molecule has 100 valence electrons. The standard InChI is InChI=1S/C13H18BrFN2O/c14-11-4-3-5-12(15)13(11)16-8-10(18)9-17-6-1-2-7-17/h3-5,10,16,18H,1-2,6-9H2. The molecule has 1 unspecified atom stereocenters. The van der Waals surface area contributed by atoms with E-state index in [2.05, 4.69) is 26.1 Å². The van der Waals surface area contributed by atoms with Gasteiger partial charge >= 0.3 is 0 Å². The molecule has 1 aromatic rings. The summed E-state index contributed by atoms with van der Waals surface area (Å²) < 4.78 is 14.2. The zero-order chi connectivity index (χ0) is 13.0. The molecule has 1 heterocycles. The Balaban J connectivity index is 1.83. The molecular formula is C13H18BrFN2O. The van der Waals surface area contributed by atoms with Gasteiger partial charge in [-0.15, -0.1) is 0 Å². The first-order valence-electron chi connectivity index (χ1n) is 6.25. The summed E-state index contributed by atoms with van der Waals surface area (Å²) >= 11 is 3.29. The minimum atomic E-state index is -0.477. The number of rotatable bonds is 5. The van der Waals surface area contributed by atoms with Gasteiger partial charge in [0, 0.05) is 17.6 Å². The SMILES string of the molecule is OC(CNc1c(F)cccc1Br)CN1CCCC1. The molecule has 0 radical (unpaired) electrons. The number of hydrogen-bond acceptors (Lipinski definition) is 3. The largest absolute Gasteiger partial charge is 0.390 e. The number of hydrogen-bond donors (Lipinski definition) is 2. The second kappa shape index (κ2) is 6.50. The van der Waals surface area contributed by atoms with Crippen LogP contribution in [0, 0.1) is 5.82 Å². The molecule has 2 N–H and O–H groups in total. The van der Waals surface area contributed by atoms with Gasteiger partial charge in [0.2, 0.25) is 0 Å². The summed E-state index contributed by atoms with van der Waals surface area (Å²) in [6.07, 6.45) is 1.94. The fourth-order valence-corrected chi connectivity index (χ4v) is 2.70. The van der Waals surface area contributed by atoms with Gasteiger partial charge in [0.15, 0.2) is 0 Å². The fraction of sp³-hybridized carbons (Fsp3) is 0.538. The summed E-state index contributed by atoms with van der Waals surface area (Å²) in [5, 5.41) is 12.9. The average Bonchev–Trinajstić information content (AvgIpc) is 2.81. The predicted octanol–water partition coefficient (Wildman–Crippen LogP) is 2.46. The Morgan fingerprint density at radius 3 is 2.78 bits per heavy atom. The Morgan fingerprint density at radius 2 is 2.11 bits per heavy atom. The van der Waals surface area contributed by atoms with Crippen LogP contribution in [0.2, 0.25) is 0 Å². The van der Waals surface area contributed by atoms with Gasteiger partial charge in [0.1, 0.15) is 5.82 Å². The number of nitrogens with one attached hydrogen (secondary N) is 1. The molecular weight excluding hydrogens is 299 g/mol. The Kier molecular flexibility index (Phi) is 4.97. The first kappa shape index (κ1) is 13.8. The van der Waals surface area contributed by atoms with E-state index >= 15 is 0 Å². The smallest absolute Gasteiger partial charge is 0.147 e. The molecule has 2 rings (SSSR count). The monoisotopic (exact) mass is 316 g/mol. The lowest BCUT2D eigenvalue weighted by Crippen LogP contribution is -2.34. The average molecular weight is 317 g/mol. The Bertz CT molecular complexity index is 376. The van der Waals surface area contributed by atoms with Crippen LogP contribution >= 0.6 is 15.9 Å². The summed E-state index contributed by atoms with van der Waals surface area (Å²) in [7, 11) is 0. The van der Waals surface area contributed by atoms with Crippen molar-refractivity contribution in [1.82, 2.24) is 4.90 Å². The maximum atomic E-state index is 13.5. The molecule has 1 aliphatic heterocycles. The van der Waals surface area contributed by atoms with Gasteiger partial charge in [-0.05, 0) is 54.0 Å². The number of anilines is 1. The molecule has 1 aromatic carbocycles. The van der Waals surface area contributed by atoms with E-state index in [4.69, 9.17) is 0 Å². The highest BCUT2D eigenvalue weighted by Gasteiger charge is 2.16. The van der Waals surface area contributed by atoms with Gasteiger partial charge in [-0.2, -0.15) is 0 Å². The summed E-state index contributed by atoms with van der Waals surface area (Å²) in [5.41, 5.74) is 0.415. The van der Waals surface area contributed by atoms with Gasteiger partial charge in [-0.1, -0.05) is 6.07 Å². The molecule has 1 fully saturated rings. The second-order valence-corrected chi connectivity index (χ2v) is 5.49. The zero-order valence-corrected chi connectivity index (χ0v) is 11.8. The quantitative estimate of drug-likeness (QED) is 0.876. The fourth-order valence-electron chi connectivity index (χ4n) is 2.21. The van der Waals surface area contributed by atoms with Crippen molar-refractivity contribution in [2.75, 3.05) is 31.5 Å². The van der Waals surface area contributed by atoms with Gasteiger partial charge < -0.3 is 15.3 Å². The highest BCUT2D eigenvalue weighted by atomic mass is 79.9. The van der Waals surface area contributed by atoms with Crippen LogP contribution in [-0.4, -0.2) is 42.3 Å². The lowest BCUT2D eigenvalue weighted by atomic mass is 10.2. The summed E-state index contributed by atoms with van der Waals surface area (Å²) in [4.78, 5) is 2.24. The molecule has 3 nitrogen and oxygen atoms in total. The minimum absolute atomic E-state index is 0.308. The third kappa shape index (κ3) is 3.67. The topological polar surface area (TPSA) is 35.5 Å². The van der Waals surface area contributed by atoms with E-state index < -0.39 is 6.10 Å². The van der Waals surface area contributed by atoms with E-state index in [0.29, 0.717) is 23.2 Å². The van der Waals surface area contributed by atoms with Crippen LogP contribution in [0.15, 0.2) is 22.7 Å². The highest BCUT2D eigenvalue weighted by Crippen LogP contribution is 2.24. The van der Waals surface area contributed by atoms with Crippen molar-refractivity contribution in [1.29, 1.82) is 0 Å². The van der Waals surface area contributed by atoms with Crippen molar-refractivity contribution in [3.63, 3.8) is 0 Å². The highest BCUT2D eigenvalue weighted by molar-refractivity contribution is 9.10. The van der Waals surface area contributed by atoms with Crippen LogP contribution < -0.4 is 5.32 Å². The molecule has 0 amide bonds. The molecule has 18 heavy (non-hydrogen) atoms. The van der Waals surface area contributed by atoms with Crippen LogP contribution in [0.3, 0.4) is 0 Å². The maximum Gasteiger partial charge on any atom is 0.147 e. The van der Waals surface area contributed by atoms with Crippen molar-refractivity contribution in [2.45, 2.75) is 18.9 Å². The van der Waals surface area contributed by atoms with Crippen molar-refractivity contribution in [2.24, 2.45) is 0 Å². The molecule has 0 aliphatic carbocycles. The number of aliphatic hydroxyl groups is 1. The normalized spacial score (nSPS) is 17.9. The predicted molar refractivity (Wildman–Crippen MR) is 74.3 cm³/mol. The lowest BCUT2D eigenvalue weighted by Gasteiger charge is -2.20. The molecule has 1 saturated heterocycles. The minimum Gasteiger partial charge on any atom is -0.390 e. The molecule has 0 spiro atoms. The number of likely N-dealkylation sites (tertiary alicyclic amines) is 1. The third-order valence-electron chi connectivity index (χ3n) is 3.14. The van der Waals surface area contributed by atoms with Crippen molar-refractivity contribution >= 4 is 21.6 Å². The summed E-state index contributed by atoms with van der Waals surface area (Å²) in [6, 6.07) is 4.82. The third-order valence-corrected chi connectivity index (χ3v) is 3.81. The number of β-amino-alcohol motifs (C(OH)–C–C–N with tert-alkyl or cyclic N) is 1. The molecule has 0 saturated carbocycles. The van der Waals surface area contributed by atoms with Crippen molar-refractivity contribution < 1.29 is 9.50 Å². The summed E-state index contributed by atoms with van der Waals surface area (Å²) in [5.74, 6) is -0.308. The number of nitrogens with zero attached hydrogens (tertiary/aromatic N) is 1. The molecule has 0 aromatic heterocycles. The molecule has 0 bridgehead atoms. The molecule has 1 atom stereocenters. The van der Waals surface area contributed by atoms with Crippen LogP contribution in [-0.2, 0) is 0 Å². The van der Waals surface area contributed by atoms with E-state index in [9.17, 15) is 9.50 Å². The number of halogens is 2.